The van der Waals surface area contributed by atoms with Crippen molar-refractivity contribution in [2.75, 3.05) is 51.7 Å². The van der Waals surface area contributed by atoms with Crippen molar-refractivity contribution in [2.45, 2.75) is 11.8 Å². The molecular weight excluding hydrogens is 413 g/mol. The second kappa shape index (κ2) is 10.2. The molecule has 1 heterocycles. The lowest BCUT2D eigenvalue weighted by molar-refractivity contribution is -0.133. The number of piperazine rings is 1. The zero-order valence-electron chi connectivity index (χ0n) is 19.5. The van der Waals surface area contributed by atoms with Crippen LogP contribution in [0, 0.1) is 5.82 Å². The fraction of sp³-hybridized carbons (Fsp3) is 0.321. The summed E-state index contributed by atoms with van der Waals surface area (Å²) in [7, 11) is 3.66. The molecule has 0 atom stereocenters. The Morgan fingerprint density at radius 2 is 1.33 bits per heavy atom. The highest BCUT2D eigenvalue weighted by Crippen LogP contribution is 2.38. The van der Waals surface area contributed by atoms with Gasteiger partial charge in [0, 0.05) is 40.3 Å². The van der Waals surface area contributed by atoms with Crippen molar-refractivity contribution in [1.82, 2.24) is 9.80 Å². The molecule has 0 saturated carbocycles. The lowest BCUT2D eigenvalue weighted by Gasteiger charge is -2.40. The Kier molecular flexibility index (Phi) is 7.09. The molecule has 0 radical (unpaired) electrons. The number of benzene rings is 3. The normalized spacial score (nSPS) is 14.8. The quantitative estimate of drug-likeness (QED) is 0.539. The first-order chi connectivity index (χ1) is 16.0. The summed E-state index contributed by atoms with van der Waals surface area (Å²) in [6.45, 7) is 4.00. The highest BCUT2D eigenvalue weighted by molar-refractivity contribution is 5.91. The molecule has 1 fully saturated rings. The van der Waals surface area contributed by atoms with Crippen molar-refractivity contribution in [3.63, 3.8) is 0 Å². The number of amides is 1. The first kappa shape index (κ1) is 23.0. The summed E-state index contributed by atoms with van der Waals surface area (Å²) in [4.78, 5) is 20.0. The lowest BCUT2D eigenvalue weighted by atomic mass is 9.70. The topological polar surface area (TPSA) is 26.8 Å². The molecule has 4 rings (SSSR count). The summed E-state index contributed by atoms with van der Waals surface area (Å²) >= 11 is 0. The number of likely N-dealkylation sites (N-methyl/N-ethyl adjacent to an activating group) is 1. The number of para-hydroxylation sites is 1. The van der Waals surface area contributed by atoms with Crippen LogP contribution in [0.15, 0.2) is 84.9 Å². The minimum atomic E-state index is -0.755. The van der Waals surface area contributed by atoms with Crippen LogP contribution in [0.1, 0.15) is 17.5 Å². The van der Waals surface area contributed by atoms with Gasteiger partial charge in [-0.25, -0.2) is 4.39 Å². The number of hydrogen-bond acceptors (Lipinski definition) is 3. The van der Waals surface area contributed by atoms with Gasteiger partial charge >= 0.3 is 0 Å². The number of anilines is 1. The molecule has 0 unspecified atom stereocenters. The van der Waals surface area contributed by atoms with E-state index in [4.69, 9.17) is 0 Å². The van der Waals surface area contributed by atoms with Gasteiger partial charge in [0.2, 0.25) is 5.91 Å². The summed E-state index contributed by atoms with van der Waals surface area (Å²) < 4.78 is 14.2. The smallest absolute Gasteiger partial charge is 0.237 e. The number of hydrogen-bond donors (Lipinski definition) is 0. The predicted octanol–water partition coefficient (Wildman–Crippen LogP) is 4.41. The summed E-state index contributed by atoms with van der Waals surface area (Å²) in [6.07, 6.45) is 0.678. The molecule has 3 aromatic rings. The minimum Gasteiger partial charge on any atom is -0.367 e. The van der Waals surface area contributed by atoms with Crippen LogP contribution < -0.4 is 4.90 Å². The molecule has 5 heteroatoms. The number of carbonyl (C=O) groups is 1. The zero-order valence-corrected chi connectivity index (χ0v) is 19.5. The fourth-order valence-corrected chi connectivity index (χ4v) is 4.88. The van der Waals surface area contributed by atoms with Gasteiger partial charge < -0.3 is 9.80 Å². The number of halogens is 1. The molecule has 33 heavy (non-hydrogen) atoms. The molecule has 172 valence electrons. The van der Waals surface area contributed by atoms with E-state index in [1.807, 2.05) is 62.6 Å². The molecule has 0 aromatic heterocycles. The van der Waals surface area contributed by atoms with E-state index in [9.17, 15) is 9.18 Å². The monoisotopic (exact) mass is 445 g/mol. The first-order valence-corrected chi connectivity index (χ1v) is 11.6. The van der Waals surface area contributed by atoms with Gasteiger partial charge in [0.05, 0.1) is 5.69 Å². The molecule has 0 bridgehead atoms. The van der Waals surface area contributed by atoms with Crippen molar-refractivity contribution in [1.29, 1.82) is 0 Å². The lowest BCUT2D eigenvalue weighted by Crippen LogP contribution is -2.50. The number of rotatable bonds is 7. The van der Waals surface area contributed by atoms with Crippen molar-refractivity contribution < 1.29 is 9.18 Å². The third-order valence-corrected chi connectivity index (χ3v) is 6.67. The van der Waals surface area contributed by atoms with E-state index >= 15 is 0 Å². The Balaban J connectivity index is 1.57. The van der Waals surface area contributed by atoms with Crippen LogP contribution in [0.4, 0.5) is 10.1 Å². The van der Waals surface area contributed by atoms with Crippen LogP contribution in [0.25, 0.3) is 0 Å². The maximum Gasteiger partial charge on any atom is 0.237 e. The minimum absolute atomic E-state index is 0.0879. The predicted molar refractivity (Wildman–Crippen MR) is 132 cm³/mol. The third-order valence-electron chi connectivity index (χ3n) is 6.67. The van der Waals surface area contributed by atoms with E-state index in [0.717, 1.165) is 43.9 Å². The van der Waals surface area contributed by atoms with Crippen LogP contribution in [-0.2, 0) is 10.2 Å². The summed E-state index contributed by atoms with van der Waals surface area (Å²) in [5.74, 6) is -0.0837. The Morgan fingerprint density at radius 3 is 1.85 bits per heavy atom. The largest absolute Gasteiger partial charge is 0.367 e. The van der Waals surface area contributed by atoms with E-state index in [0.29, 0.717) is 12.1 Å². The second-order valence-corrected chi connectivity index (χ2v) is 8.87. The molecular formula is C28H32FN3O. The fourth-order valence-electron chi connectivity index (χ4n) is 4.88. The van der Waals surface area contributed by atoms with Gasteiger partial charge in [-0.15, -0.1) is 0 Å². The number of carbonyl (C=O) groups excluding carboxylic acids is 1. The first-order valence-electron chi connectivity index (χ1n) is 11.6. The van der Waals surface area contributed by atoms with Gasteiger partial charge in [0.1, 0.15) is 11.2 Å². The zero-order chi connectivity index (χ0) is 23.3. The maximum atomic E-state index is 14.2. The van der Waals surface area contributed by atoms with Crippen molar-refractivity contribution in [3.05, 3.63) is 102 Å². The van der Waals surface area contributed by atoms with E-state index in [1.54, 1.807) is 11.0 Å². The molecule has 1 amide bonds. The third kappa shape index (κ3) is 4.79. The van der Waals surface area contributed by atoms with Crippen LogP contribution in [-0.4, -0.2) is 62.5 Å². The van der Waals surface area contributed by atoms with Crippen molar-refractivity contribution in [3.8, 4) is 0 Å². The summed E-state index contributed by atoms with van der Waals surface area (Å²) in [5.41, 5.74) is 1.94. The van der Waals surface area contributed by atoms with Crippen LogP contribution in [0.2, 0.25) is 0 Å². The molecule has 0 N–H and O–H groups in total. The van der Waals surface area contributed by atoms with Crippen molar-refractivity contribution in [2.24, 2.45) is 0 Å². The van der Waals surface area contributed by atoms with E-state index < -0.39 is 5.41 Å². The molecule has 0 aliphatic carbocycles. The van der Waals surface area contributed by atoms with Crippen LogP contribution in [0.5, 0.6) is 0 Å². The molecule has 0 spiro atoms. The molecule has 4 nitrogen and oxygen atoms in total. The SMILES string of the molecule is CN(C)C(=O)C(CCN1CCN(c2ccccc2F)CC1)(c1ccccc1)c1ccccc1. The standard InChI is InChI=1S/C28H32FN3O/c1-30(2)27(33)28(23-11-5-3-6-12-23,24-13-7-4-8-14-24)17-18-31-19-21-32(22-20-31)26-16-10-9-15-25(26)29/h3-16H,17-22H2,1-2H3. The Morgan fingerprint density at radius 1 is 0.818 bits per heavy atom. The van der Waals surface area contributed by atoms with Gasteiger partial charge in [-0.2, -0.15) is 0 Å². The maximum absolute atomic E-state index is 14.2. The van der Waals surface area contributed by atoms with Crippen LogP contribution >= 0.6 is 0 Å². The van der Waals surface area contributed by atoms with Gasteiger partial charge in [-0.3, -0.25) is 9.69 Å². The highest BCUT2D eigenvalue weighted by atomic mass is 19.1. The summed E-state index contributed by atoms with van der Waals surface area (Å²) in [5, 5.41) is 0. The highest BCUT2D eigenvalue weighted by Gasteiger charge is 2.43. The second-order valence-electron chi connectivity index (χ2n) is 8.87. The molecule has 1 aliphatic rings. The average molecular weight is 446 g/mol. The van der Waals surface area contributed by atoms with Gasteiger partial charge in [0.15, 0.2) is 0 Å². The average Bonchev–Trinajstić information content (AvgIpc) is 2.86. The summed E-state index contributed by atoms with van der Waals surface area (Å²) in [6, 6.07) is 27.2. The Labute approximate surface area is 196 Å². The van der Waals surface area contributed by atoms with E-state index in [1.165, 1.54) is 6.07 Å². The Bertz CT molecular complexity index is 1010. The van der Waals surface area contributed by atoms with E-state index in [-0.39, 0.29) is 11.7 Å². The van der Waals surface area contributed by atoms with Crippen LogP contribution in [0.3, 0.4) is 0 Å². The van der Waals surface area contributed by atoms with Gasteiger partial charge in [0.25, 0.3) is 0 Å². The Hall–Kier alpha value is -3.18. The van der Waals surface area contributed by atoms with Crippen molar-refractivity contribution >= 4 is 11.6 Å². The number of nitrogens with zero attached hydrogens (tertiary/aromatic N) is 3. The molecule has 1 aliphatic heterocycles. The van der Waals surface area contributed by atoms with Gasteiger partial charge in [-0.05, 0) is 36.2 Å². The van der Waals surface area contributed by atoms with Gasteiger partial charge in [-0.1, -0.05) is 72.8 Å². The van der Waals surface area contributed by atoms with E-state index in [2.05, 4.69) is 34.1 Å². The molecule has 3 aromatic carbocycles. The molecule has 1 saturated heterocycles.